The molecule has 0 aliphatic rings. The number of pyridine rings is 1. The Bertz CT molecular complexity index is 1240. The number of imidazole rings is 1. The molecule has 0 aliphatic carbocycles. The summed E-state index contributed by atoms with van der Waals surface area (Å²) in [7, 11) is 0. The van der Waals surface area contributed by atoms with E-state index < -0.39 is 0 Å². The smallest absolute Gasteiger partial charge is 0.282 e. The van der Waals surface area contributed by atoms with Gasteiger partial charge in [-0.25, -0.2) is 4.79 Å². The van der Waals surface area contributed by atoms with Gasteiger partial charge in [-0.3, -0.25) is 14.1 Å². The Morgan fingerprint density at radius 3 is 2.52 bits per heavy atom. The number of benzene rings is 1. The van der Waals surface area contributed by atoms with E-state index in [1.54, 1.807) is 15.3 Å². The molecule has 0 saturated heterocycles. The van der Waals surface area contributed by atoms with Crippen LogP contribution < -0.4 is 5.69 Å². The maximum atomic E-state index is 13.3. The van der Waals surface area contributed by atoms with Crippen LogP contribution >= 0.6 is 11.6 Å². The molecule has 8 nitrogen and oxygen atoms in total. The van der Waals surface area contributed by atoms with Gasteiger partial charge in [-0.15, -0.1) is 10.2 Å². The van der Waals surface area contributed by atoms with Crippen molar-refractivity contribution in [1.29, 1.82) is 0 Å². The summed E-state index contributed by atoms with van der Waals surface area (Å²) in [6.07, 6.45) is 7.59. The largest absolute Gasteiger partial charge is 0.334 e. The van der Waals surface area contributed by atoms with Crippen LogP contribution in [0.15, 0.2) is 47.4 Å². The van der Waals surface area contributed by atoms with Gasteiger partial charge in [0.05, 0.1) is 17.1 Å². The third-order valence-electron chi connectivity index (χ3n) is 5.71. The summed E-state index contributed by atoms with van der Waals surface area (Å²) in [5.41, 5.74) is 4.02. The van der Waals surface area contributed by atoms with E-state index in [9.17, 15) is 4.79 Å². The topological polar surface area (TPSA) is 94.3 Å². The molecule has 0 amide bonds. The number of unbranched alkanes of at least 4 members (excludes halogenated alkanes) is 3. The Morgan fingerprint density at radius 2 is 1.82 bits per heavy atom. The van der Waals surface area contributed by atoms with E-state index in [1.807, 2.05) is 36.4 Å². The predicted molar refractivity (Wildman–Crippen MR) is 130 cm³/mol. The highest BCUT2D eigenvalue weighted by molar-refractivity contribution is 6.30. The van der Waals surface area contributed by atoms with Gasteiger partial charge in [-0.1, -0.05) is 56.8 Å². The second-order valence-corrected chi connectivity index (χ2v) is 8.36. The Balaban J connectivity index is 1.73. The number of aromatic nitrogens is 7. The standard InChI is InChI=1S/C24H28ClN7O/c1-3-5-7-16-31-22(25)20(10-6-4-2)32(24(31)33)18-13-11-17(12-14-18)21-19(9-8-15-26-21)23-27-29-30-28-23/h8-9,11-15H,3-7,10,16H2,1-2H3,(H,27,28,29,30). The Morgan fingerprint density at radius 1 is 1.03 bits per heavy atom. The lowest BCUT2D eigenvalue weighted by atomic mass is 10.0. The average molecular weight is 466 g/mol. The minimum Gasteiger partial charge on any atom is -0.282 e. The number of H-pyrrole nitrogens is 1. The number of tetrazole rings is 1. The number of halogens is 1. The minimum absolute atomic E-state index is 0.0831. The first kappa shape index (κ1) is 22.9. The van der Waals surface area contributed by atoms with E-state index in [0.29, 0.717) is 17.5 Å². The molecule has 0 fully saturated rings. The molecule has 0 aliphatic heterocycles. The van der Waals surface area contributed by atoms with E-state index in [2.05, 4.69) is 39.5 Å². The number of aromatic amines is 1. The molecule has 9 heteroatoms. The van der Waals surface area contributed by atoms with Crippen LogP contribution in [-0.2, 0) is 13.0 Å². The normalized spacial score (nSPS) is 11.2. The van der Waals surface area contributed by atoms with Crippen molar-refractivity contribution >= 4 is 11.6 Å². The van der Waals surface area contributed by atoms with Crippen molar-refractivity contribution in [3.8, 4) is 28.3 Å². The summed E-state index contributed by atoms with van der Waals surface area (Å²) in [4.78, 5) is 17.9. The van der Waals surface area contributed by atoms with Gasteiger partial charge in [0.2, 0.25) is 5.82 Å². The highest BCUT2D eigenvalue weighted by atomic mass is 35.5. The molecule has 33 heavy (non-hydrogen) atoms. The molecular weight excluding hydrogens is 438 g/mol. The summed E-state index contributed by atoms with van der Waals surface area (Å²) in [5, 5.41) is 14.9. The fraction of sp³-hybridized carbons (Fsp3) is 0.375. The third kappa shape index (κ3) is 4.75. The molecule has 0 atom stereocenters. The number of hydrogen-bond donors (Lipinski definition) is 1. The van der Waals surface area contributed by atoms with Gasteiger partial charge in [0, 0.05) is 23.9 Å². The van der Waals surface area contributed by atoms with Gasteiger partial charge < -0.3 is 0 Å². The lowest BCUT2D eigenvalue weighted by Gasteiger charge is -2.10. The van der Waals surface area contributed by atoms with Gasteiger partial charge in [0.1, 0.15) is 5.15 Å². The summed E-state index contributed by atoms with van der Waals surface area (Å²) < 4.78 is 3.47. The fourth-order valence-corrected chi connectivity index (χ4v) is 4.30. The highest BCUT2D eigenvalue weighted by Gasteiger charge is 2.20. The number of hydrogen-bond acceptors (Lipinski definition) is 5. The molecule has 3 heterocycles. The molecule has 4 rings (SSSR count). The van der Waals surface area contributed by atoms with Gasteiger partial charge in [-0.2, -0.15) is 5.21 Å². The lowest BCUT2D eigenvalue weighted by Crippen LogP contribution is -2.24. The summed E-state index contributed by atoms with van der Waals surface area (Å²) in [6, 6.07) is 11.5. The first-order chi connectivity index (χ1) is 16.2. The van der Waals surface area contributed by atoms with Gasteiger partial charge >= 0.3 is 5.69 Å². The number of nitrogens with one attached hydrogen (secondary N) is 1. The van der Waals surface area contributed by atoms with Gasteiger partial charge in [0.15, 0.2) is 0 Å². The molecule has 0 spiro atoms. The van der Waals surface area contributed by atoms with Crippen molar-refractivity contribution in [3.63, 3.8) is 0 Å². The van der Waals surface area contributed by atoms with Crippen molar-refractivity contribution in [3.05, 3.63) is 63.9 Å². The van der Waals surface area contributed by atoms with E-state index in [0.717, 1.165) is 66.7 Å². The quantitative estimate of drug-likeness (QED) is 0.330. The van der Waals surface area contributed by atoms with Crippen molar-refractivity contribution in [2.75, 3.05) is 0 Å². The molecule has 172 valence electrons. The highest BCUT2D eigenvalue weighted by Crippen LogP contribution is 2.29. The lowest BCUT2D eigenvalue weighted by molar-refractivity contribution is 0.585. The molecule has 0 radical (unpaired) electrons. The van der Waals surface area contributed by atoms with Crippen LogP contribution in [0.5, 0.6) is 0 Å². The second kappa shape index (κ2) is 10.6. The SMILES string of the molecule is CCCCCn1c(Cl)c(CCCC)n(-c2ccc(-c3ncccc3-c3nn[nH]n3)cc2)c1=O. The van der Waals surface area contributed by atoms with Crippen LogP contribution in [0.1, 0.15) is 51.6 Å². The average Bonchev–Trinajstić information content (AvgIpc) is 3.46. The molecular formula is C24H28ClN7O. The summed E-state index contributed by atoms with van der Waals surface area (Å²) in [5.74, 6) is 0.483. The third-order valence-corrected chi connectivity index (χ3v) is 6.13. The van der Waals surface area contributed by atoms with Crippen molar-refractivity contribution < 1.29 is 0 Å². The Hall–Kier alpha value is -3.26. The predicted octanol–water partition coefficient (Wildman–Crippen LogP) is 5.07. The number of rotatable bonds is 10. The maximum Gasteiger partial charge on any atom is 0.334 e. The molecule has 3 aromatic heterocycles. The Kier molecular flexibility index (Phi) is 7.34. The minimum atomic E-state index is -0.0831. The van der Waals surface area contributed by atoms with Crippen LogP contribution in [0, 0.1) is 0 Å². The van der Waals surface area contributed by atoms with Gasteiger partial charge in [-0.05, 0) is 48.7 Å². The zero-order valence-electron chi connectivity index (χ0n) is 19.0. The molecule has 1 aromatic carbocycles. The summed E-state index contributed by atoms with van der Waals surface area (Å²) in [6.45, 7) is 4.92. The van der Waals surface area contributed by atoms with Crippen molar-refractivity contribution in [2.45, 2.75) is 58.9 Å². The van der Waals surface area contributed by atoms with Crippen molar-refractivity contribution in [2.24, 2.45) is 0 Å². The van der Waals surface area contributed by atoms with Crippen molar-refractivity contribution in [1.82, 2.24) is 34.7 Å². The van der Waals surface area contributed by atoms with E-state index in [4.69, 9.17) is 11.6 Å². The van der Waals surface area contributed by atoms with E-state index >= 15 is 0 Å². The first-order valence-corrected chi connectivity index (χ1v) is 11.8. The molecule has 0 bridgehead atoms. The van der Waals surface area contributed by atoms with Crippen LogP contribution in [0.2, 0.25) is 5.15 Å². The van der Waals surface area contributed by atoms with Crippen LogP contribution in [0.4, 0.5) is 0 Å². The van der Waals surface area contributed by atoms with E-state index in [-0.39, 0.29) is 5.69 Å². The zero-order valence-corrected chi connectivity index (χ0v) is 19.7. The molecule has 0 saturated carbocycles. The number of nitrogens with zero attached hydrogens (tertiary/aromatic N) is 6. The van der Waals surface area contributed by atoms with Gasteiger partial charge in [0.25, 0.3) is 0 Å². The maximum absolute atomic E-state index is 13.3. The van der Waals surface area contributed by atoms with Crippen LogP contribution in [0.25, 0.3) is 28.3 Å². The Labute approximate surface area is 197 Å². The fourth-order valence-electron chi connectivity index (χ4n) is 3.97. The molecule has 0 unspecified atom stereocenters. The monoisotopic (exact) mass is 465 g/mol. The molecule has 4 aromatic rings. The summed E-state index contributed by atoms with van der Waals surface area (Å²) >= 11 is 6.71. The zero-order chi connectivity index (χ0) is 23.2. The second-order valence-electron chi connectivity index (χ2n) is 8.00. The van der Waals surface area contributed by atoms with Crippen LogP contribution in [0.3, 0.4) is 0 Å². The molecule has 1 N–H and O–H groups in total. The van der Waals surface area contributed by atoms with E-state index in [1.165, 1.54) is 0 Å². The van der Waals surface area contributed by atoms with Crippen LogP contribution in [-0.4, -0.2) is 34.7 Å². The first-order valence-electron chi connectivity index (χ1n) is 11.4.